The van der Waals surface area contributed by atoms with Crippen molar-refractivity contribution >= 4 is 11.9 Å². The van der Waals surface area contributed by atoms with Gasteiger partial charge in [-0.25, -0.2) is 0 Å². The average molecular weight is 273 g/mol. The molecule has 0 radical (unpaired) electrons. The second-order valence-electron chi connectivity index (χ2n) is 5.84. The first-order valence-electron chi connectivity index (χ1n) is 6.92. The van der Waals surface area contributed by atoms with Crippen LogP contribution in [-0.4, -0.2) is 28.7 Å². The van der Waals surface area contributed by atoms with Crippen molar-refractivity contribution in [2.75, 3.05) is 0 Å². The van der Waals surface area contributed by atoms with Crippen LogP contribution in [0, 0.1) is 0 Å². The summed E-state index contributed by atoms with van der Waals surface area (Å²) in [6, 6.07) is -0.557. The molecule has 0 bridgehead atoms. The van der Waals surface area contributed by atoms with Crippen LogP contribution in [0.4, 0.5) is 0 Å². The summed E-state index contributed by atoms with van der Waals surface area (Å²) in [5.74, 6) is -1.09. The summed E-state index contributed by atoms with van der Waals surface area (Å²) in [5.41, 5.74) is 5.26. The molecular formula is C14H27NO4. The van der Waals surface area contributed by atoms with Crippen LogP contribution in [0.1, 0.15) is 65.7 Å². The number of carboxylic acids is 1. The van der Waals surface area contributed by atoms with Crippen LogP contribution in [0.3, 0.4) is 0 Å². The number of esters is 1. The summed E-state index contributed by atoms with van der Waals surface area (Å²) in [7, 11) is 0. The number of carbonyl (C=O) groups is 2. The van der Waals surface area contributed by atoms with E-state index in [-0.39, 0.29) is 12.4 Å². The summed E-state index contributed by atoms with van der Waals surface area (Å²) >= 11 is 0. The number of hydrogen-bond acceptors (Lipinski definition) is 4. The topological polar surface area (TPSA) is 89.6 Å². The maximum absolute atomic E-state index is 11.6. The summed E-state index contributed by atoms with van der Waals surface area (Å²) < 4.78 is 5.19. The number of ether oxygens (including phenoxy) is 1. The van der Waals surface area contributed by atoms with E-state index in [9.17, 15) is 9.59 Å². The minimum absolute atomic E-state index is 0.234. The lowest BCUT2D eigenvalue weighted by Crippen LogP contribution is -2.37. The fourth-order valence-electron chi connectivity index (χ4n) is 1.67. The van der Waals surface area contributed by atoms with Crippen molar-refractivity contribution < 1.29 is 19.4 Å². The Labute approximate surface area is 115 Å². The van der Waals surface area contributed by atoms with Gasteiger partial charge in [-0.05, 0) is 33.6 Å². The number of carboxylic acid groups (broad SMARTS) is 1. The van der Waals surface area contributed by atoms with Crippen LogP contribution >= 0.6 is 0 Å². The molecule has 5 heteroatoms. The largest absolute Gasteiger partial charge is 0.481 e. The van der Waals surface area contributed by atoms with Crippen LogP contribution < -0.4 is 5.73 Å². The van der Waals surface area contributed by atoms with Gasteiger partial charge in [-0.15, -0.1) is 0 Å². The standard InChI is InChI=1S/C14H27NO4/c1-14(2,3)19-13(18)11(15)9-7-5-4-6-8-10-12(16)17/h11H,4-10,15H2,1-3H3,(H,16,17)/t11-/m1/s1. The Hall–Kier alpha value is -1.10. The highest BCUT2D eigenvalue weighted by Crippen LogP contribution is 2.12. The molecule has 0 aromatic carbocycles. The molecule has 1 atom stereocenters. The number of aliphatic carboxylic acids is 1. The quantitative estimate of drug-likeness (QED) is 0.497. The molecule has 0 saturated carbocycles. The third-order valence-electron chi connectivity index (χ3n) is 2.62. The molecule has 0 heterocycles. The molecule has 3 N–H and O–H groups in total. The Morgan fingerprint density at radius 2 is 1.63 bits per heavy atom. The molecule has 0 rings (SSSR count). The molecule has 5 nitrogen and oxygen atoms in total. The zero-order chi connectivity index (χ0) is 14.9. The summed E-state index contributed by atoms with van der Waals surface area (Å²) in [4.78, 5) is 21.9. The van der Waals surface area contributed by atoms with E-state index in [0.29, 0.717) is 12.8 Å². The Morgan fingerprint density at radius 1 is 1.11 bits per heavy atom. The lowest BCUT2D eigenvalue weighted by Gasteiger charge is -2.22. The van der Waals surface area contributed by atoms with Gasteiger partial charge in [-0.1, -0.05) is 25.7 Å². The number of nitrogens with two attached hydrogens (primary N) is 1. The van der Waals surface area contributed by atoms with Crippen LogP contribution in [-0.2, 0) is 14.3 Å². The molecule has 0 aliphatic carbocycles. The third-order valence-corrected chi connectivity index (χ3v) is 2.62. The Bertz CT molecular complexity index is 284. The SMILES string of the molecule is CC(C)(C)OC(=O)[C@H](N)CCCCCCCC(=O)O. The van der Waals surface area contributed by atoms with Gasteiger partial charge in [0, 0.05) is 6.42 Å². The highest BCUT2D eigenvalue weighted by molar-refractivity contribution is 5.75. The van der Waals surface area contributed by atoms with Gasteiger partial charge in [0.2, 0.25) is 0 Å². The van der Waals surface area contributed by atoms with Crippen molar-refractivity contribution in [3.8, 4) is 0 Å². The molecule has 19 heavy (non-hydrogen) atoms. The molecule has 0 saturated heterocycles. The van der Waals surface area contributed by atoms with Gasteiger partial charge in [0.25, 0.3) is 0 Å². The fourth-order valence-corrected chi connectivity index (χ4v) is 1.67. The molecule has 0 amide bonds. The molecule has 0 aliphatic rings. The normalized spacial score (nSPS) is 13.1. The van der Waals surface area contributed by atoms with Gasteiger partial charge in [0.1, 0.15) is 11.6 Å². The van der Waals surface area contributed by atoms with Crippen LogP contribution in [0.25, 0.3) is 0 Å². The first-order valence-corrected chi connectivity index (χ1v) is 6.92. The zero-order valence-corrected chi connectivity index (χ0v) is 12.3. The van der Waals surface area contributed by atoms with E-state index in [1.54, 1.807) is 0 Å². The van der Waals surface area contributed by atoms with E-state index in [0.717, 1.165) is 25.7 Å². The monoisotopic (exact) mass is 273 g/mol. The second kappa shape index (κ2) is 8.91. The molecule has 0 aliphatic heterocycles. The molecule has 0 unspecified atom stereocenters. The van der Waals surface area contributed by atoms with Gasteiger partial charge in [-0.3, -0.25) is 9.59 Å². The Kier molecular flexibility index (Phi) is 8.39. The first-order chi connectivity index (χ1) is 8.72. The van der Waals surface area contributed by atoms with Crippen molar-refractivity contribution in [3.05, 3.63) is 0 Å². The minimum atomic E-state index is -0.744. The Morgan fingerprint density at radius 3 is 2.16 bits per heavy atom. The van der Waals surface area contributed by atoms with Crippen molar-refractivity contribution in [2.45, 2.75) is 77.4 Å². The van der Waals surface area contributed by atoms with E-state index in [2.05, 4.69) is 0 Å². The first kappa shape index (κ1) is 17.9. The van der Waals surface area contributed by atoms with Crippen molar-refractivity contribution in [3.63, 3.8) is 0 Å². The smallest absolute Gasteiger partial charge is 0.323 e. The molecule has 0 fully saturated rings. The second-order valence-corrected chi connectivity index (χ2v) is 5.84. The van der Waals surface area contributed by atoms with E-state index < -0.39 is 17.6 Å². The third kappa shape index (κ3) is 11.7. The van der Waals surface area contributed by atoms with Crippen molar-refractivity contribution in [1.82, 2.24) is 0 Å². The van der Waals surface area contributed by atoms with Crippen LogP contribution in [0.5, 0.6) is 0 Å². The number of rotatable bonds is 9. The average Bonchev–Trinajstić information content (AvgIpc) is 2.24. The lowest BCUT2D eigenvalue weighted by atomic mass is 10.1. The summed E-state index contributed by atoms with van der Waals surface area (Å²) in [6.07, 6.45) is 5.30. The van der Waals surface area contributed by atoms with E-state index >= 15 is 0 Å². The maximum atomic E-state index is 11.6. The molecule has 0 aromatic heterocycles. The lowest BCUT2D eigenvalue weighted by molar-refractivity contribution is -0.156. The molecule has 0 spiro atoms. The maximum Gasteiger partial charge on any atom is 0.323 e. The summed E-state index contributed by atoms with van der Waals surface area (Å²) in [5, 5.41) is 8.47. The van der Waals surface area contributed by atoms with Gasteiger partial charge in [-0.2, -0.15) is 0 Å². The fraction of sp³-hybridized carbons (Fsp3) is 0.857. The van der Waals surface area contributed by atoms with Gasteiger partial charge in [0.15, 0.2) is 0 Å². The van der Waals surface area contributed by atoms with Crippen molar-refractivity contribution in [2.24, 2.45) is 5.73 Å². The highest BCUT2D eigenvalue weighted by atomic mass is 16.6. The zero-order valence-electron chi connectivity index (χ0n) is 12.3. The van der Waals surface area contributed by atoms with E-state index in [4.69, 9.17) is 15.6 Å². The Balaban J connectivity index is 3.55. The van der Waals surface area contributed by atoms with E-state index in [1.165, 1.54) is 0 Å². The van der Waals surface area contributed by atoms with Crippen molar-refractivity contribution in [1.29, 1.82) is 0 Å². The predicted octanol–water partition coefficient (Wildman–Crippen LogP) is 2.47. The van der Waals surface area contributed by atoms with Crippen LogP contribution in [0.2, 0.25) is 0 Å². The number of unbranched alkanes of at least 4 members (excludes halogenated alkanes) is 4. The van der Waals surface area contributed by atoms with Crippen LogP contribution in [0.15, 0.2) is 0 Å². The molecular weight excluding hydrogens is 246 g/mol. The summed E-state index contributed by atoms with van der Waals surface area (Å²) in [6.45, 7) is 5.46. The number of carbonyl (C=O) groups excluding carboxylic acids is 1. The highest BCUT2D eigenvalue weighted by Gasteiger charge is 2.21. The minimum Gasteiger partial charge on any atom is -0.481 e. The van der Waals surface area contributed by atoms with E-state index in [1.807, 2.05) is 20.8 Å². The number of hydrogen-bond donors (Lipinski definition) is 2. The predicted molar refractivity (Wildman–Crippen MR) is 73.8 cm³/mol. The van der Waals surface area contributed by atoms with Gasteiger partial charge in [0.05, 0.1) is 0 Å². The van der Waals surface area contributed by atoms with Gasteiger partial charge < -0.3 is 15.6 Å². The molecule has 0 aromatic rings. The molecule has 112 valence electrons. The van der Waals surface area contributed by atoms with Gasteiger partial charge >= 0.3 is 11.9 Å².